The summed E-state index contributed by atoms with van der Waals surface area (Å²) in [6, 6.07) is 8.36. The van der Waals surface area contributed by atoms with E-state index >= 15 is 0 Å². The van der Waals surface area contributed by atoms with Crippen LogP contribution in [0.1, 0.15) is 59.7 Å². The second kappa shape index (κ2) is 10.4. The number of carbonyl (C=O) groups is 1. The van der Waals surface area contributed by atoms with Gasteiger partial charge >= 0.3 is 5.97 Å². The summed E-state index contributed by atoms with van der Waals surface area (Å²) < 4.78 is 52.1. The summed E-state index contributed by atoms with van der Waals surface area (Å²) in [6.07, 6.45) is 3.94. The first-order chi connectivity index (χ1) is 14.7. The molecule has 1 aliphatic carbocycles. The first kappa shape index (κ1) is 13.4. The van der Waals surface area contributed by atoms with Gasteiger partial charge in [-0.05, 0) is 31.4 Å². The van der Waals surface area contributed by atoms with Crippen molar-refractivity contribution in [1.82, 2.24) is 4.90 Å². The van der Waals surface area contributed by atoms with Crippen LogP contribution in [0.3, 0.4) is 0 Å². The van der Waals surface area contributed by atoms with E-state index in [1.165, 1.54) is 13.8 Å². The van der Waals surface area contributed by atoms with Gasteiger partial charge in [-0.2, -0.15) is 0 Å². The normalized spacial score (nSPS) is 22.3. The number of rotatable bonds is 7. The van der Waals surface area contributed by atoms with Gasteiger partial charge in [0.15, 0.2) is 12.2 Å². The molecule has 0 aromatic heterocycles. The van der Waals surface area contributed by atoms with E-state index in [1.807, 2.05) is 0 Å². The van der Waals surface area contributed by atoms with Gasteiger partial charge in [-0.3, -0.25) is 4.90 Å². The molecule has 1 atom stereocenters. The highest BCUT2D eigenvalue weighted by Crippen LogP contribution is 2.40. The van der Waals surface area contributed by atoms with Gasteiger partial charge in [0.25, 0.3) is 0 Å². The smallest absolute Gasteiger partial charge is 0.344 e. The van der Waals surface area contributed by atoms with Gasteiger partial charge in [-0.15, -0.1) is 0 Å². The summed E-state index contributed by atoms with van der Waals surface area (Å²) in [5, 5.41) is 11.5. The average Bonchev–Trinajstić information content (AvgIpc) is 2.69. The van der Waals surface area contributed by atoms with E-state index in [0.29, 0.717) is 18.4 Å². The molecule has 0 aliphatic heterocycles. The van der Waals surface area contributed by atoms with E-state index in [0.717, 1.165) is 24.2 Å². The van der Waals surface area contributed by atoms with E-state index in [9.17, 15) is 9.90 Å². The molecule has 1 N–H and O–H groups in total. The lowest BCUT2D eigenvalue weighted by molar-refractivity contribution is -0.174. The fourth-order valence-electron chi connectivity index (χ4n) is 3.31. The van der Waals surface area contributed by atoms with Crippen molar-refractivity contribution in [3.05, 3.63) is 35.9 Å². The first-order valence-corrected chi connectivity index (χ1v) is 8.97. The predicted octanol–water partition coefficient (Wildman–Crippen LogP) is 3.34. The van der Waals surface area contributed by atoms with Crippen molar-refractivity contribution in [2.45, 2.75) is 51.6 Å². The molecule has 1 fully saturated rings. The van der Waals surface area contributed by atoms with Crippen molar-refractivity contribution in [2.24, 2.45) is 5.92 Å². The molecule has 1 aliphatic rings. The average molecular weight is 364 g/mol. The highest BCUT2D eigenvalue weighted by Gasteiger charge is 2.46. The fraction of sp³-hybridized carbons (Fsp3) is 0.591. The van der Waals surface area contributed by atoms with Gasteiger partial charge in [0.2, 0.25) is 0 Å². The predicted molar refractivity (Wildman–Crippen MR) is 103 cm³/mol. The van der Waals surface area contributed by atoms with Crippen LogP contribution in [-0.4, -0.2) is 42.1 Å². The molecule has 4 nitrogen and oxygen atoms in total. The molecule has 0 spiro atoms. The molecule has 26 heavy (non-hydrogen) atoms. The molecule has 0 radical (unpaired) electrons. The zero-order valence-electron chi connectivity index (χ0n) is 21.4. The van der Waals surface area contributed by atoms with E-state index in [-0.39, 0.29) is 0 Å². The van der Waals surface area contributed by atoms with Crippen LogP contribution in [0.15, 0.2) is 30.3 Å². The number of ether oxygens (including phenoxy) is 1. The van der Waals surface area contributed by atoms with Crippen LogP contribution in [0.4, 0.5) is 0 Å². The Bertz CT molecular complexity index is 821. The number of nitrogens with zero attached hydrogens (tertiary/aromatic N) is 1. The number of aliphatic hydroxyl groups is 1. The van der Waals surface area contributed by atoms with E-state index in [1.54, 1.807) is 30.3 Å². The lowest BCUT2D eigenvalue weighted by Gasteiger charge is -2.36. The molecule has 0 amide bonds. The van der Waals surface area contributed by atoms with Crippen molar-refractivity contribution in [1.29, 1.82) is 0 Å². The number of esters is 1. The lowest BCUT2D eigenvalue weighted by Crippen LogP contribution is -2.45. The molecule has 0 saturated heterocycles. The maximum Gasteiger partial charge on any atom is 0.344 e. The van der Waals surface area contributed by atoms with E-state index in [2.05, 4.69) is 11.8 Å². The first-order valence-electron chi connectivity index (χ1n) is 12.0. The van der Waals surface area contributed by atoms with Gasteiger partial charge in [0.05, 0.1) is 9.29 Å². The third kappa shape index (κ3) is 5.09. The Hall–Kier alpha value is -1.83. The van der Waals surface area contributed by atoms with E-state index < -0.39 is 43.6 Å². The minimum absolute atomic E-state index is 0.338. The van der Waals surface area contributed by atoms with Crippen LogP contribution in [0.5, 0.6) is 0 Å². The highest BCUT2D eigenvalue weighted by atomic mass is 16.5. The topological polar surface area (TPSA) is 49.8 Å². The summed E-state index contributed by atoms with van der Waals surface area (Å²) in [5.74, 6) is 2.99. The van der Waals surface area contributed by atoms with Crippen molar-refractivity contribution >= 4 is 5.97 Å². The maximum absolute atomic E-state index is 13.1. The van der Waals surface area contributed by atoms with Crippen molar-refractivity contribution in [3.63, 3.8) is 0 Å². The Morgan fingerprint density at radius 3 is 2.50 bits per heavy atom. The summed E-state index contributed by atoms with van der Waals surface area (Å²) in [4.78, 5) is 13.9. The van der Waals surface area contributed by atoms with Crippen LogP contribution in [0.25, 0.3) is 0 Å². The molecule has 1 saturated carbocycles. The van der Waals surface area contributed by atoms with Gasteiger partial charge in [-0.25, -0.2) is 4.79 Å². The molecule has 4 heteroatoms. The third-order valence-electron chi connectivity index (χ3n) is 4.78. The van der Waals surface area contributed by atoms with Crippen molar-refractivity contribution < 1.29 is 22.9 Å². The summed E-state index contributed by atoms with van der Waals surface area (Å²) in [5.41, 5.74) is -1.67. The molecule has 0 heterocycles. The van der Waals surface area contributed by atoms with Crippen LogP contribution >= 0.6 is 0 Å². The van der Waals surface area contributed by atoms with Crippen molar-refractivity contribution in [2.75, 3.05) is 26.1 Å². The maximum atomic E-state index is 13.1. The van der Waals surface area contributed by atoms with Crippen molar-refractivity contribution in [3.8, 4) is 11.8 Å². The van der Waals surface area contributed by atoms with Gasteiger partial charge in [-0.1, -0.05) is 75.3 Å². The lowest BCUT2D eigenvalue weighted by atomic mass is 9.73. The number of hydrogen-bond donors (Lipinski definition) is 1. The Labute approximate surface area is 166 Å². The molecule has 2 rings (SSSR count). The third-order valence-corrected chi connectivity index (χ3v) is 4.78. The Morgan fingerprint density at radius 1 is 1.23 bits per heavy atom. The highest BCUT2D eigenvalue weighted by molar-refractivity contribution is 5.81. The molecule has 0 unspecified atom stereocenters. The zero-order chi connectivity index (χ0) is 24.2. The van der Waals surface area contributed by atoms with Crippen LogP contribution in [0.2, 0.25) is 0 Å². The van der Waals surface area contributed by atoms with Gasteiger partial charge < -0.3 is 9.84 Å². The van der Waals surface area contributed by atoms with Crippen LogP contribution in [-0.2, 0) is 15.1 Å². The van der Waals surface area contributed by atoms with E-state index in [4.69, 9.17) is 13.0 Å². The molecule has 142 valence electrons. The molecular weight excluding hydrogens is 326 g/mol. The number of benzene rings is 1. The fourth-order valence-corrected chi connectivity index (χ4v) is 3.31. The number of carbonyl (C=O) groups excluding carboxylic acids is 1. The monoisotopic (exact) mass is 363 g/mol. The molecule has 1 aromatic carbocycles. The Balaban J connectivity index is 2.25. The largest absolute Gasteiger partial charge is 0.450 e. The van der Waals surface area contributed by atoms with Gasteiger partial charge in [0, 0.05) is 11.4 Å². The number of hydrogen-bond acceptors (Lipinski definition) is 4. The van der Waals surface area contributed by atoms with Crippen LogP contribution < -0.4 is 0 Å². The SMILES string of the molecule is [2H]C([2H])(C#CCN(C([2H])([2H])C)C([2H])([2H])C)OC(=O)[C@](O)(c1ccccc1)C1CCCCC1. The summed E-state index contributed by atoms with van der Waals surface area (Å²) in [6.45, 7) is -4.89. The molecule has 1 aromatic rings. The standard InChI is InChI=1S/C22H31NO3/c1-3-23(4-2)17-11-12-18-26-21(24)22(25,19-13-7-5-8-14-19)20-15-9-6-10-16-20/h5,7-8,13-14,20,25H,3-4,6,9-10,15-18H2,1-2H3/t22-/m0/s1/i3D2,4D2,18D2. The minimum Gasteiger partial charge on any atom is -0.450 e. The summed E-state index contributed by atoms with van der Waals surface area (Å²) in [7, 11) is 0. The Kier molecular flexibility index (Phi) is 5.32. The Morgan fingerprint density at radius 2 is 1.88 bits per heavy atom. The molecule has 0 bridgehead atoms. The quantitative estimate of drug-likeness (QED) is 0.596. The second-order valence-corrected chi connectivity index (χ2v) is 6.29. The van der Waals surface area contributed by atoms with Crippen LogP contribution in [0, 0.1) is 17.8 Å². The summed E-state index contributed by atoms with van der Waals surface area (Å²) >= 11 is 0. The second-order valence-electron chi connectivity index (χ2n) is 6.29. The molecular formula is C22H31NO3. The minimum atomic E-state index is -2.75. The van der Waals surface area contributed by atoms with Gasteiger partial charge in [0.1, 0.15) is 0 Å². The zero-order valence-corrected chi connectivity index (χ0v) is 15.4.